The van der Waals surface area contributed by atoms with Crippen LogP contribution < -0.4 is 5.73 Å². The van der Waals surface area contributed by atoms with Gasteiger partial charge in [-0.05, 0) is 39.2 Å². The van der Waals surface area contributed by atoms with Crippen molar-refractivity contribution >= 4 is 17.5 Å². The zero-order valence-corrected chi connectivity index (χ0v) is 20.7. The summed E-state index contributed by atoms with van der Waals surface area (Å²) in [5.41, 5.74) is 10.3. The predicted molar refractivity (Wildman–Crippen MR) is 133 cm³/mol. The number of aryl methyl sites for hydroxylation is 1. The van der Waals surface area contributed by atoms with Gasteiger partial charge < -0.3 is 15.0 Å². The molecule has 2 amide bonds. The molecule has 1 aliphatic heterocycles. The second-order valence-corrected chi connectivity index (χ2v) is 9.95. The smallest absolute Gasteiger partial charge is 0.252 e. The first-order valence-corrected chi connectivity index (χ1v) is 12.4. The van der Waals surface area contributed by atoms with Crippen molar-refractivity contribution in [2.45, 2.75) is 59.0 Å². The first kappa shape index (κ1) is 23.4. The molecule has 5 rings (SSSR count). The first-order valence-electron chi connectivity index (χ1n) is 12.4. The van der Waals surface area contributed by atoms with Gasteiger partial charge in [-0.25, -0.2) is 15.0 Å². The van der Waals surface area contributed by atoms with Crippen LogP contribution in [0.3, 0.4) is 0 Å². The second-order valence-electron chi connectivity index (χ2n) is 9.95. The molecule has 0 radical (unpaired) electrons. The lowest BCUT2D eigenvalue weighted by Crippen LogP contribution is -2.54. The highest BCUT2D eigenvalue weighted by Crippen LogP contribution is 2.31. The summed E-state index contributed by atoms with van der Waals surface area (Å²) in [6.45, 7) is 9.07. The van der Waals surface area contributed by atoms with Crippen LogP contribution in [0.4, 0.5) is 0 Å². The number of carbonyl (C=O) groups is 2. The zero-order chi connectivity index (χ0) is 24.7. The second kappa shape index (κ2) is 9.37. The SMILES string of the molecule is Cc1ncc(C(N)=O)c(-c2cn3ccnc3c(CN3CCN(C(=O)C4CCCC4)C(C)C3)c2C)n1. The van der Waals surface area contributed by atoms with Gasteiger partial charge in [-0.3, -0.25) is 14.5 Å². The van der Waals surface area contributed by atoms with E-state index in [1.165, 1.54) is 19.0 Å². The van der Waals surface area contributed by atoms with E-state index in [1.807, 2.05) is 23.7 Å². The maximum absolute atomic E-state index is 13.0. The van der Waals surface area contributed by atoms with Crippen molar-refractivity contribution in [3.8, 4) is 11.3 Å². The number of rotatable bonds is 5. The number of amides is 2. The molecule has 1 saturated heterocycles. The molecule has 1 unspecified atom stereocenters. The van der Waals surface area contributed by atoms with Crippen molar-refractivity contribution in [1.82, 2.24) is 29.2 Å². The van der Waals surface area contributed by atoms with Crippen LogP contribution in [0.25, 0.3) is 16.9 Å². The Labute approximate surface area is 205 Å². The molecule has 2 N–H and O–H groups in total. The fraction of sp³-hybridized carbons (Fsp3) is 0.500. The molecule has 35 heavy (non-hydrogen) atoms. The summed E-state index contributed by atoms with van der Waals surface area (Å²) in [4.78, 5) is 43.0. The number of fused-ring (bicyclic) bond motifs is 1. The van der Waals surface area contributed by atoms with Gasteiger partial charge in [0.1, 0.15) is 11.5 Å². The molecule has 3 aromatic rings. The van der Waals surface area contributed by atoms with E-state index >= 15 is 0 Å². The van der Waals surface area contributed by atoms with Gasteiger partial charge in [0.2, 0.25) is 5.91 Å². The Morgan fingerprint density at radius 2 is 1.91 bits per heavy atom. The molecule has 0 aromatic carbocycles. The lowest BCUT2D eigenvalue weighted by atomic mass is 9.98. The highest BCUT2D eigenvalue weighted by Gasteiger charge is 2.33. The van der Waals surface area contributed by atoms with Crippen LogP contribution in [0, 0.1) is 19.8 Å². The lowest BCUT2D eigenvalue weighted by molar-refractivity contribution is -0.140. The number of imidazole rings is 1. The Balaban J connectivity index is 1.45. The van der Waals surface area contributed by atoms with Gasteiger partial charge in [-0.1, -0.05) is 12.8 Å². The minimum atomic E-state index is -0.552. The van der Waals surface area contributed by atoms with E-state index in [-0.39, 0.29) is 12.0 Å². The van der Waals surface area contributed by atoms with Gasteiger partial charge >= 0.3 is 0 Å². The maximum atomic E-state index is 13.0. The van der Waals surface area contributed by atoms with Crippen molar-refractivity contribution in [1.29, 1.82) is 0 Å². The molecule has 0 bridgehead atoms. The molecular formula is C26H33N7O2. The summed E-state index contributed by atoms with van der Waals surface area (Å²) in [5.74, 6) is 0.571. The van der Waals surface area contributed by atoms with Crippen LogP contribution in [-0.2, 0) is 11.3 Å². The molecule has 0 spiro atoms. The molecule has 9 nitrogen and oxygen atoms in total. The number of pyridine rings is 1. The minimum Gasteiger partial charge on any atom is -0.365 e. The summed E-state index contributed by atoms with van der Waals surface area (Å²) in [5, 5.41) is 0. The van der Waals surface area contributed by atoms with Crippen molar-refractivity contribution in [2.24, 2.45) is 11.7 Å². The molecule has 4 heterocycles. The van der Waals surface area contributed by atoms with Crippen LogP contribution in [0.1, 0.15) is 59.9 Å². The van der Waals surface area contributed by atoms with E-state index in [9.17, 15) is 9.59 Å². The van der Waals surface area contributed by atoms with E-state index in [2.05, 4.69) is 31.7 Å². The molecular weight excluding hydrogens is 442 g/mol. The fourth-order valence-corrected chi connectivity index (χ4v) is 5.64. The molecule has 1 saturated carbocycles. The summed E-state index contributed by atoms with van der Waals surface area (Å²) in [7, 11) is 0. The average Bonchev–Trinajstić information content (AvgIpc) is 3.52. The minimum absolute atomic E-state index is 0.169. The van der Waals surface area contributed by atoms with Gasteiger partial charge in [0.05, 0.1) is 11.3 Å². The monoisotopic (exact) mass is 475 g/mol. The Morgan fingerprint density at radius 3 is 2.63 bits per heavy atom. The predicted octanol–water partition coefficient (Wildman–Crippen LogP) is 2.73. The number of carbonyl (C=O) groups excluding carboxylic acids is 2. The zero-order valence-electron chi connectivity index (χ0n) is 20.7. The molecule has 9 heteroatoms. The lowest BCUT2D eigenvalue weighted by Gasteiger charge is -2.41. The summed E-state index contributed by atoms with van der Waals surface area (Å²) >= 11 is 0. The summed E-state index contributed by atoms with van der Waals surface area (Å²) < 4.78 is 1.98. The van der Waals surface area contributed by atoms with Gasteiger partial charge in [-0.2, -0.15) is 0 Å². The van der Waals surface area contributed by atoms with Crippen molar-refractivity contribution in [3.63, 3.8) is 0 Å². The number of hydrogen-bond donors (Lipinski definition) is 1. The van der Waals surface area contributed by atoms with E-state index in [1.54, 1.807) is 13.1 Å². The number of nitrogens with zero attached hydrogens (tertiary/aromatic N) is 6. The van der Waals surface area contributed by atoms with Crippen LogP contribution in [0.15, 0.2) is 24.8 Å². The van der Waals surface area contributed by atoms with Crippen LogP contribution in [0.5, 0.6) is 0 Å². The van der Waals surface area contributed by atoms with Gasteiger partial charge in [-0.15, -0.1) is 0 Å². The number of aromatic nitrogens is 4. The van der Waals surface area contributed by atoms with Crippen LogP contribution in [0.2, 0.25) is 0 Å². The molecule has 2 fully saturated rings. The highest BCUT2D eigenvalue weighted by atomic mass is 16.2. The molecule has 1 atom stereocenters. The van der Waals surface area contributed by atoms with E-state index in [0.717, 1.165) is 54.8 Å². The molecule has 184 valence electrons. The van der Waals surface area contributed by atoms with Crippen LogP contribution >= 0.6 is 0 Å². The average molecular weight is 476 g/mol. The normalized spacial score (nSPS) is 19.5. The van der Waals surface area contributed by atoms with Crippen molar-refractivity contribution in [3.05, 3.63) is 47.3 Å². The first-order chi connectivity index (χ1) is 16.8. The number of nitrogens with two attached hydrogens (primary N) is 1. The topological polar surface area (TPSA) is 110 Å². The largest absolute Gasteiger partial charge is 0.365 e. The van der Waals surface area contributed by atoms with Crippen molar-refractivity contribution in [2.75, 3.05) is 19.6 Å². The third kappa shape index (κ3) is 4.40. The molecule has 1 aliphatic carbocycles. The third-order valence-corrected chi connectivity index (χ3v) is 7.57. The van der Waals surface area contributed by atoms with Crippen LogP contribution in [-0.4, -0.2) is 66.6 Å². The number of primary amides is 1. The maximum Gasteiger partial charge on any atom is 0.252 e. The quantitative estimate of drug-likeness (QED) is 0.608. The highest BCUT2D eigenvalue weighted by molar-refractivity contribution is 5.99. The van der Waals surface area contributed by atoms with Gasteiger partial charge in [0.15, 0.2) is 0 Å². The van der Waals surface area contributed by atoms with Crippen molar-refractivity contribution < 1.29 is 9.59 Å². The Bertz CT molecular complexity index is 1280. The molecule has 3 aromatic heterocycles. The van der Waals surface area contributed by atoms with E-state index in [0.29, 0.717) is 29.5 Å². The Kier molecular flexibility index (Phi) is 6.27. The number of piperazine rings is 1. The van der Waals surface area contributed by atoms with Gasteiger partial charge in [0, 0.05) is 74.1 Å². The molecule has 2 aliphatic rings. The van der Waals surface area contributed by atoms with E-state index in [4.69, 9.17) is 5.73 Å². The fourth-order valence-electron chi connectivity index (χ4n) is 5.64. The summed E-state index contributed by atoms with van der Waals surface area (Å²) in [6.07, 6.45) is 11.5. The summed E-state index contributed by atoms with van der Waals surface area (Å²) in [6, 6.07) is 0.169. The Hall–Kier alpha value is -3.33. The third-order valence-electron chi connectivity index (χ3n) is 7.57. The number of hydrogen-bond acceptors (Lipinski definition) is 6. The van der Waals surface area contributed by atoms with Gasteiger partial charge in [0.25, 0.3) is 5.91 Å². The standard InChI is InChI=1S/C26H33N7O2/c1-16-13-31(10-11-33(16)26(35)19-6-4-5-7-19)14-22-17(2)21(15-32-9-8-28-25(22)32)23-20(24(27)34)12-29-18(3)30-23/h8-9,12,15-16,19H,4-7,10-11,13-14H2,1-3H3,(H2,27,34). The Morgan fingerprint density at radius 1 is 1.14 bits per heavy atom. The van der Waals surface area contributed by atoms with E-state index < -0.39 is 5.91 Å².